The molecular formula is C22H22Cl2FN3O. The Hall–Kier alpha value is -2.37. The third-order valence-electron chi connectivity index (χ3n) is 4.50. The van der Waals surface area contributed by atoms with Gasteiger partial charge in [0.05, 0.1) is 21.4 Å². The van der Waals surface area contributed by atoms with Crippen LogP contribution in [-0.4, -0.2) is 33.7 Å². The summed E-state index contributed by atoms with van der Waals surface area (Å²) < 4.78 is 15.9. The molecule has 0 fully saturated rings. The monoisotopic (exact) mass is 433 g/mol. The van der Waals surface area contributed by atoms with Crippen LogP contribution < -0.4 is 0 Å². The minimum absolute atomic E-state index is 0.158. The van der Waals surface area contributed by atoms with Crippen LogP contribution in [0.1, 0.15) is 37.2 Å². The Bertz CT molecular complexity index is 1010. The standard InChI is InChI=1S/C22H22Cl2FN3O/c1-3-11-27(12-4-2)22(29)21-14-20(16-7-5-6-8-19(16)25)26-28(21)15-9-10-17(23)18(24)13-15/h5-10,13-14H,3-4,11-12H2,1-2H3. The molecule has 0 N–H and O–H groups in total. The van der Waals surface area contributed by atoms with Gasteiger partial charge in [-0.05, 0) is 49.2 Å². The SMILES string of the molecule is CCCN(CCC)C(=O)c1cc(-c2ccccc2F)nn1-c1ccc(Cl)c(Cl)c1. The van der Waals surface area contributed by atoms with E-state index in [4.69, 9.17) is 23.2 Å². The van der Waals surface area contributed by atoms with Crippen LogP contribution in [0.25, 0.3) is 16.9 Å². The van der Waals surface area contributed by atoms with Gasteiger partial charge in [-0.25, -0.2) is 9.07 Å². The van der Waals surface area contributed by atoms with E-state index in [1.54, 1.807) is 47.4 Å². The van der Waals surface area contributed by atoms with Crippen molar-refractivity contribution in [1.82, 2.24) is 14.7 Å². The van der Waals surface area contributed by atoms with Crippen molar-refractivity contribution in [3.05, 3.63) is 70.1 Å². The van der Waals surface area contributed by atoms with Crippen LogP contribution in [-0.2, 0) is 0 Å². The van der Waals surface area contributed by atoms with Gasteiger partial charge in [-0.2, -0.15) is 5.10 Å². The van der Waals surface area contributed by atoms with Gasteiger partial charge in [0.15, 0.2) is 0 Å². The number of benzene rings is 2. The van der Waals surface area contributed by atoms with Crippen LogP contribution in [0.15, 0.2) is 48.5 Å². The summed E-state index contributed by atoms with van der Waals surface area (Å²) in [6.45, 7) is 5.32. The highest BCUT2D eigenvalue weighted by Crippen LogP contribution is 2.28. The molecular weight excluding hydrogens is 412 g/mol. The van der Waals surface area contributed by atoms with Gasteiger partial charge in [0, 0.05) is 18.7 Å². The first-order valence-electron chi connectivity index (χ1n) is 9.55. The van der Waals surface area contributed by atoms with Gasteiger partial charge < -0.3 is 4.90 Å². The van der Waals surface area contributed by atoms with E-state index in [-0.39, 0.29) is 5.91 Å². The summed E-state index contributed by atoms with van der Waals surface area (Å²) in [5.41, 5.74) is 1.64. The van der Waals surface area contributed by atoms with E-state index < -0.39 is 5.82 Å². The van der Waals surface area contributed by atoms with Crippen molar-refractivity contribution < 1.29 is 9.18 Å². The van der Waals surface area contributed by atoms with E-state index in [9.17, 15) is 9.18 Å². The highest BCUT2D eigenvalue weighted by molar-refractivity contribution is 6.42. The zero-order valence-electron chi connectivity index (χ0n) is 16.3. The lowest BCUT2D eigenvalue weighted by Crippen LogP contribution is -2.33. The molecule has 1 amide bonds. The van der Waals surface area contributed by atoms with Crippen LogP contribution >= 0.6 is 23.2 Å². The minimum Gasteiger partial charge on any atom is -0.337 e. The quantitative estimate of drug-likeness (QED) is 0.441. The summed E-state index contributed by atoms with van der Waals surface area (Å²) in [7, 11) is 0. The molecule has 3 aromatic rings. The van der Waals surface area contributed by atoms with Crippen molar-refractivity contribution in [2.75, 3.05) is 13.1 Å². The number of aromatic nitrogens is 2. The molecule has 2 aromatic carbocycles. The van der Waals surface area contributed by atoms with Gasteiger partial charge in [-0.15, -0.1) is 0 Å². The topological polar surface area (TPSA) is 38.1 Å². The van der Waals surface area contributed by atoms with E-state index in [2.05, 4.69) is 5.10 Å². The Labute approximate surface area is 179 Å². The van der Waals surface area contributed by atoms with Gasteiger partial charge >= 0.3 is 0 Å². The summed E-state index contributed by atoms with van der Waals surface area (Å²) in [5.74, 6) is -0.556. The highest BCUT2D eigenvalue weighted by atomic mass is 35.5. The van der Waals surface area contributed by atoms with Gasteiger partial charge in [0.1, 0.15) is 11.5 Å². The maximum absolute atomic E-state index is 14.4. The fraction of sp³-hybridized carbons (Fsp3) is 0.273. The summed E-state index contributed by atoms with van der Waals surface area (Å²) in [5, 5.41) is 5.29. The number of hydrogen-bond donors (Lipinski definition) is 0. The predicted octanol–water partition coefficient (Wildman–Crippen LogP) is 6.25. The second kappa shape index (κ2) is 9.42. The van der Waals surface area contributed by atoms with Gasteiger partial charge in [-0.3, -0.25) is 4.79 Å². The number of rotatable bonds is 7. The molecule has 0 saturated carbocycles. The van der Waals surface area contributed by atoms with Crippen molar-refractivity contribution in [3.8, 4) is 16.9 Å². The average molecular weight is 434 g/mol. The van der Waals surface area contributed by atoms with Crippen LogP contribution in [0, 0.1) is 5.82 Å². The Kier molecular flexibility index (Phi) is 6.93. The van der Waals surface area contributed by atoms with Crippen molar-refractivity contribution >= 4 is 29.1 Å². The van der Waals surface area contributed by atoms with Gasteiger partial charge in [0.25, 0.3) is 5.91 Å². The van der Waals surface area contributed by atoms with Crippen molar-refractivity contribution in [1.29, 1.82) is 0 Å². The molecule has 4 nitrogen and oxygen atoms in total. The Morgan fingerprint density at radius 3 is 2.34 bits per heavy atom. The lowest BCUT2D eigenvalue weighted by Gasteiger charge is -2.21. The summed E-state index contributed by atoms with van der Waals surface area (Å²) >= 11 is 12.2. The minimum atomic E-state index is -0.399. The second-order valence-corrected chi connectivity index (χ2v) is 7.51. The number of carbonyl (C=O) groups excluding carboxylic acids is 1. The van der Waals surface area contributed by atoms with E-state index in [0.29, 0.717) is 45.8 Å². The summed E-state index contributed by atoms with van der Waals surface area (Å²) in [4.78, 5) is 15.1. The molecule has 0 aliphatic heterocycles. The van der Waals surface area contributed by atoms with E-state index in [1.807, 2.05) is 13.8 Å². The molecule has 152 valence electrons. The number of nitrogens with zero attached hydrogens (tertiary/aromatic N) is 3. The summed E-state index contributed by atoms with van der Waals surface area (Å²) in [6, 6.07) is 13.0. The molecule has 0 saturated heterocycles. The average Bonchev–Trinajstić information content (AvgIpc) is 3.15. The zero-order chi connectivity index (χ0) is 21.0. The third kappa shape index (κ3) is 4.62. The highest BCUT2D eigenvalue weighted by Gasteiger charge is 2.23. The molecule has 29 heavy (non-hydrogen) atoms. The number of amides is 1. The molecule has 3 rings (SSSR count). The largest absolute Gasteiger partial charge is 0.337 e. The van der Waals surface area contributed by atoms with Crippen molar-refractivity contribution in [2.45, 2.75) is 26.7 Å². The van der Waals surface area contributed by atoms with Crippen LogP contribution in [0.5, 0.6) is 0 Å². The number of carbonyl (C=O) groups is 1. The Balaban J connectivity index is 2.15. The molecule has 0 unspecified atom stereocenters. The first kappa shape index (κ1) is 21.3. The molecule has 0 aliphatic carbocycles. The van der Waals surface area contributed by atoms with E-state index in [1.165, 1.54) is 10.7 Å². The maximum atomic E-state index is 14.4. The van der Waals surface area contributed by atoms with E-state index >= 15 is 0 Å². The third-order valence-corrected chi connectivity index (χ3v) is 5.24. The van der Waals surface area contributed by atoms with Crippen LogP contribution in [0.4, 0.5) is 4.39 Å². The fourth-order valence-electron chi connectivity index (χ4n) is 3.16. The first-order valence-corrected chi connectivity index (χ1v) is 10.3. The second-order valence-electron chi connectivity index (χ2n) is 6.70. The zero-order valence-corrected chi connectivity index (χ0v) is 17.8. The molecule has 1 heterocycles. The smallest absolute Gasteiger partial charge is 0.272 e. The lowest BCUT2D eigenvalue weighted by molar-refractivity contribution is 0.0746. The van der Waals surface area contributed by atoms with Crippen molar-refractivity contribution in [3.63, 3.8) is 0 Å². The fourth-order valence-corrected chi connectivity index (χ4v) is 3.46. The molecule has 7 heteroatoms. The Morgan fingerprint density at radius 2 is 1.72 bits per heavy atom. The Morgan fingerprint density at radius 1 is 1.03 bits per heavy atom. The first-order chi connectivity index (χ1) is 14.0. The number of halogens is 3. The van der Waals surface area contributed by atoms with Crippen LogP contribution in [0.2, 0.25) is 10.0 Å². The van der Waals surface area contributed by atoms with E-state index in [0.717, 1.165) is 12.8 Å². The molecule has 0 atom stereocenters. The molecule has 0 radical (unpaired) electrons. The maximum Gasteiger partial charge on any atom is 0.272 e. The predicted molar refractivity (Wildman–Crippen MR) is 115 cm³/mol. The lowest BCUT2D eigenvalue weighted by atomic mass is 10.1. The molecule has 1 aromatic heterocycles. The summed E-state index contributed by atoms with van der Waals surface area (Å²) in [6.07, 6.45) is 1.68. The molecule has 0 spiro atoms. The number of hydrogen-bond acceptors (Lipinski definition) is 2. The molecule has 0 bridgehead atoms. The van der Waals surface area contributed by atoms with Gasteiger partial charge in [0.2, 0.25) is 0 Å². The normalized spacial score (nSPS) is 10.9. The van der Waals surface area contributed by atoms with Crippen molar-refractivity contribution in [2.24, 2.45) is 0 Å². The molecule has 0 aliphatic rings. The van der Waals surface area contributed by atoms with Gasteiger partial charge in [-0.1, -0.05) is 49.2 Å². The van der Waals surface area contributed by atoms with Crippen LogP contribution in [0.3, 0.4) is 0 Å².